The number of carbonyl (C=O) groups is 2. The lowest BCUT2D eigenvalue weighted by Crippen LogP contribution is -2.34. The van der Waals surface area contributed by atoms with Gasteiger partial charge in [-0.15, -0.1) is 5.10 Å². The van der Waals surface area contributed by atoms with Gasteiger partial charge in [0.25, 0.3) is 0 Å². The van der Waals surface area contributed by atoms with Crippen molar-refractivity contribution in [2.75, 3.05) is 18.4 Å². The summed E-state index contributed by atoms with van der Waals surface area (Å²) in [7, 11) is 0. The van der Waals surface area contributed by atoms with E-state index in [0.29, 0.717) is 12.3 Å². The third-order valence-electron chi connectivity index (χ3n) is 4.60. The quantitative estimate of drug-likeness (QED) is 0.837. The molecule has 7 heteroatoms. The van der Waals surface area contributed by atoms with Crippen LogP contribution in [0, 0.1) is 5.92 Å². The summed E-state index contributed by atoms with van der Waals surface area (Å²) in [5, 5.41) is 6.90. The second-order valence-corrected chi connectivity index (χ2v) is 6.58. The van der Waals surface area contributed by atoms with Crippen LogP contribution in [-0.2, 0) is 16.1 Å². The molecular weight excluding hydrogens is 306 g/mol. The molecule has 130 valence electrons. The molecule has 2 amide bonds. The topological polar surface area (TPSA) is 80.1 Å². The fourth-order valence-corrected chi connectivity index (χ4v) is 3.27. The second-order valence-electron chi connectivity index (χ2n) is 6.58. The summed E-state index contributed by atoms with van der Waals surface area (Å²) in [4.78, 5) is 30.3. The lowest BCUT2D eigenvalue weighted by molar-refractivity contribution is -0.132. The SMILES string of the molecule is O=C(C[C@H]1C=CCC1)Nc1ncn(CC(=O)N2CCCCCC2)n1. The highest BCUT2D eigenvalue weighted by Crippen LogP contribution is 2.20. The molecule has 3 rings (SSSR count). The van der Waals surface area contributed by atoms with Gasteiger partial charge in [0.2, 0.25) is 17.8 Å². The number of hydrogen-bond donors (Lipinski definition) is 1. The summed E-state index contributed by atoms with van der Waals surface area (Å²) in [5.41, 5.74) is 0. The predicted molar refractivity (Wildman–Crippen MR) is 90.2 cm³/mol. The van der Waals surface area contributed by atoms with Crippen molar-refractivity contribution < 1.29 is 9.59 Å². The van der Waals surface area contributed by atoms with Gasteiger partial charge in [0.1, 0.15) is 12.9 Å². The molecule has 1 aromatic heterocycles. The molecule has 0 bridgehead atoms. The average molecular weight is 331 g/mol. The van der Waals surface area contributed by atoms with Gasteiger partial charge < -0.3 is 4.90 Å². The normalized spacial score (nSPS) is 20.8. The second kappa shape index (κ2) is 8.08. The Kier molecular flexibility index (Phi) is 5.61. The fourth-order valence-electron chi connectivity index (χ4n) is 3.27. The molecule has 1 aliphatic heterocycles. The zero-order valence-electron chi connectivity index (χ0n) is 14.0. The van der Waals surface area contributed by atoms with Gasteiger partial charge in [0, 0.05) is 19.5 Å². The van der Waals surface area contributed by atoms with E-state index in [1.54, 1.807) is 0 Å². The molecule has 1 N–H and O–H groups in total. The van der Waals surface area contributed by atoms with Crippen LogP contribution in [0.1, 0.15) is 44.9 Å². The first-order valence-corrected chi connectivity index (χ1v) is 8.84. The van der Waals surface area contributed by atoms with E-state index in [9.17, 15) is 9.59 Å². The number of nitrogens with one attached hydrogen (secondary N) is 1. The van der Waals surface area contributed by atoms with E-state index >= 15 is 0 Å². The Hall–Kier alpha value is -2.18. The Morgan fingerprint density at radius 3 is 2.71 bits per heavy atom. The molecule has 1 saturated heterocycles. The van der Waals surface area contributed by atoms with E-state index in [4.69, 9.17) is 0 Å². The molecular formula is C17H25N5O2. The summed E-state index contributed by atoms with van der Waals surface area (Å²) in [5.74, 6) is 0.571. The monoisotopic (exact) mass is 331 g/mol. The third kappa shape index (κ3) is 4.66. The molecule has 1 atom stereocenters. The van der Waals surface area contributed by atoms with Crippen LogP contribution < -0.4 is 5.32 Å². The highest BCUT2D eigenvalue weighted by atomic mass is 16.2. The maximum absolute atomic E-state index is 12.3. The summed E-state index contributed by atoms with van der Waals surface area (Å²) in [6.45, 7) is 1.83. The summed E-state index contributed by atoms with van der Waals surface area (Å²) in [6.07, 6.45) is 12.8. The number of anilines is 1. The maximum Gasteiger partial charge on any atom is 0.248 e. The van der Waals surface area contributed by atoms with Gasteiger partial charge in [0.15, 0.2) is 0 Å². The van der Waals surface area contributed by atoms with Crippen molar-refractivity contribution in [2.45, 2.75) is 51.5 Å². The van der Waals surface area contributed by atoms with Crippen LogP contribution in [0.2, 0.25) is 0 Å². The highest BCUT2D eigenvalue weighted by molar-refractivity contribution is 5.89. The Morgan fingerprint density at radius 1 is 1.21 bits per heavy atom. The highest BCUT2D eigenvalue weighted by Gasteiger charge is 2.18. The van der Waals surface area contributed by atoms with Gasteiger partial charge in [-0.2, -0.15) is 0 Å². The third-order valence-corrected chi connectivity index (χ3v) is 4.60. The van der Waals surface area contributed by atoms with Gasteiger partial charge >= 0.3 is 0 Å². The standard InChI is InChI=1S/C17H25N5O2/c23-15(11-14-7-3-4-8-14)19-17-18-13-22(20-17)12-16(24)21-9-5-1-2-6-10-21/h3,7,13-14H,1-2,4-6,8-12H2,(H,19,20,23)/t14-/m0/s1. The van der Waals surface area contributed by atoms with Gasteiger partial charge in [-0.25, -0.2) is 9.67 Å². The van der Waals surface area contributed by atoms with Crippen molar-refractivity contribution in [3.8, 4) is 0 Å². The van der Waals surface area contributed by atoms with Crippen LogP contribution in [0.25, 0.3) is 0 Å². The van der Waals surface area contributed by atoms with E-state index in [0.717, 1.165) is 38.8 Å². The molecule has 1 aromatic rings. The first kappa shape index (κ1) is 16.7. The first-order chi connectivity index (χ1) is 11.7. The summed E-state index contributed by atoms with van der Waals surface area (Å²) >= 11 is 0. The molecule has 0 radical (unpaired) electrons. The fraction of sp³-hybridized carbons (Fsp3) is 0.647. The number of carbonyl (C=O) groups excluding carboxylic acids is 2. The van der Waals surface area contributed by atoms with Crippen LogP contribution in [0.5, 0.6) is 0 Å². The van der Waals surface area contributed by atoms with Gasteiger partial charge in [0.05, 0.1) is 0 Å². The molecule has 0 spiro atoms. The van der Waals surface area contributed by atoms with E-state index in [1.807, 2.05) is 4.90 Å². The van der Waals surface area contributed by atoms with Gasteiger partial charge in [-0.1, -0.05) is 25.0 Å². The Balaban J connectivity index is 1.48. The number of likely N-dealkylation sites (tertiary alicyclic amines) is 1. The van der Waals surface area contributed by atoms with Gasteiger partial charge in [-0.3, -0.25) is 14.9 Å². The van der Waals surface area contributed by atoms with Crippen molar-refractivity contribution in [1.29, 1.82) is 0 Å². The van der Waals surface area contributed by atoms with Crippen molar-refractivity contribution in [1.82, 2.24) is 19.7 Å². The largest absolute Gasteiger partial charge is 0.341 e. The Labute approximate surface area is 142 Å². The maximum atomic E-state index is 12.3. The first-order valence-electron chi connectivity index (χ1n) is 8.84. The summed E-state index contributed by atoms with van der Waals surface area (Å²) in [6, 6.07) is 0. The predicted octanol–water partition coefficient (Wildman–Crippen LogP) is 1.98. The lowest BCUT2D eigenvalue weighted by atomic mass is 10.1. The molecule has 1 aliphatic carbocycles. The van der Waals surface area contributed by atoms with Crippen molar-refractivity contribution in [2.24, 2.45) is 5.92 Å². The van der Waals surface area contributed by atoms with E-state index < -0.39 is 0 Å². The van der Waals surface area contributed by atoms with Crippen molar-refractivity contribution in [3.05, 3.63) is 18.5 Å². The van der Waals surface area contributed by atoms with Crippen LogP contribution in [0.15, 0.2) is 18.5 Å². The number of hydrogen-bond acceptors (Lipinski definition) is 4. The number of nitrogens with zero attached hydrogens (tertiary/aromatic N) is 4. The molecule has 24 heavy (non-hydrogen) atoms. The van der Waals surface area contributed by atoms with Crippen LogP contribution >= 0.6 is 0 Å². The number of allylic oxidation sites excluding steroid dienone is 2. The minimum absolute atomic E-state index is 0.0655. The lowest BCUT2D eigenvalue weighted by Gasteiger charge is -2.19. The van der Waals surface area contributed by atoms with Gasteiger partial charge in [-0.05, 0) is 31.6 Å². The molecule has 0 aromatic carbocycles. The Morgan fingerprint density at radius 2 is 2.00 bits per heavy atom. The average Bonchev–Trinajstić information content (AvgIpc) is 3.12. The molecule has 2 heterocycles. The van der Waals surface area contributed by atoms with Crippen LogP contribution in [0.3, 0.4) is 0 Å². The minimum atomic E-state index is -0.0804. The van der Waals surface area contributed by atoms with E-state index in [1.165, 1.54) is 23.9 Å². The smallest absolute Gasteiger partial charge is 0.248 e. The molecule has 0 unspecified atom stereocenters. The Bertz CT molecular complexity index is 602. The summed E-state index contributed by atoms with van der Waals surface area (Å²) < 4.78 is 1.50. The molecule has 1 fully saturated rings. The number of amides is 2. The van der Waals surface area contributed by atoms with E-state index in [2.05, 4.69) is 27.6 Å². The van der Waals surface area contributed by atoms with Crippen LogP contribution in [0.4, 0.5) is 5.95 Å². The minimum Gasteiger partial charge on any atom is -0.341 e. The molecule has 0 saturated carbocycles. The molecule has 2 aliphatic rings. The zero-order chi connectivity index (χ0) is 16.8. The van der Waals surface area contributed by atoms with Crippen molar-refractivity contribution in [3.63, 3.8) is 0 Å². The van der Waals surface area contributed by atoms with Crippen molar-refractivity contribution >= 4 is 17.8 Å². The zero-order valence-corrected chi connectivity index (χ0v) is 14.0. The number of rotatable bonds is 5. The van der Waals surface area contributed by atoms with E-state index in [-0.39, 0.29) is 24.3 Å². The van der Waals surface area contributed by atoms with Crippen LogP contribution in [-0.4, -0.2) is 44.6 Å². The number of aromatic nitrogens is 3. The molecule has 7 nitrogen and oxygen atoms in total.